The lowest BCUT2D eigenvalue weighted by Gasteiger charge is -2.19. The minimum Gasteiger partial charge on any atom is -0.390 e. The number of halogens is 1. The van der Waals surface area contributed by atoms with Gasteiger partial charge in [0.15, 0.2) is 0 Å². The third-order valence-corrected chi connectivity index (χ3v) is 7.32. The van der Waals surface area contributed by atoms with Crippen LogP contribution in [-0.4, -0.2) is 73.3 Å². The molecule has 0 unspecified atom stereocenters. The summed E-state index contributed by atoms with van der Waals surface area (Å²) in [6, 6.07) is 10.2. The van der Waals surface area contributed by atoms with Gasteiger partial charge in [0.25, 0.3) is 0 Å². The van der Waals surface area contributed by atoms with Gasteiger partial charge in [0.1, 0.15) is 18.1 Å². The van der Waals surface area contributed by atoms with E-state index in [1.165, 1.54) is 11.9 Å². The van der Waals surface area contributed by atoms with Crippen LogP contribution in [0.15, 0.2) is 55.2 Å². The first kappa shape index (κ1) is 24.9. The molecule has 0 saturated heterocycles. The Balaban J connectivity index is 1.14. The zero-order valence-electron chi connectivity index (χ0n) is 20.0. The van der Waals surface area contributed by atoms with Gasteiger partial charge in [-0.05, 0) is 44.5 Å². The molecule has 0 spiro atoms. The predicted molar refractivity (Wildman–Crippen MR) is 140 cm³/mol. The van der Waals surface area contributed by atoms with E-state index in [0.29, 0.717) is 29.3 Å². The first-order valence-electron chi connectivity index (χ1n) is 12.4. The van der Waals surface area contributed by atoms with Gasteiger partial charge in [-0.15, -0.1) is 0 Å². The summed E-state index contributed by atoms with van der Waals surface area (Å²) in [7, 11) is 0. The van der Waals surface area contributed by atoms with Crippen molar-refractivity contribution >= 4 is 22.6 Å². The van der Waals surface area contributed by atoms with Crippen molar-refractivity contribution in [3.05, 3.63) is 65.8 Å². The number of aliphatic hydroxyl groups is 2. The first-order valence-corrected chi connectivity index (χ1v) is 12.8. The van der Waals surface area contributed by atoms with Crippen molar-refractivity contribution in [2.24, 2.45) is 5.92 Å². The van der Waals surface area contributed by atoms with Crippen molar-refractivity contribution in [2.75, 3.05) is 26.2 Å². The van der Waals surface area contributed by atoms with Crippen molar-refractivity contribution < 1.29 is 10.2 Å². The fourth-order valence-electron chi connectivity index (χ4n) is 5.11. The lowest BCUT2D eigenvalue weighted by Crippen LogP contribution is -2.34. The van der Waals surface area contributed by atoms with E-state index in [0.717, 1.165) is 43.4 Å². The van der Waals surface area contributed by atoms with E-state index < -0.39 is 12.2 Å². The molecule has 190 valence electrons. The molecule has 5 rings (SSSR count). The van der Waals surface area contributed by atoms with Gasteiger partial charge >= 0.3 is 0 Å². The Kier molecular flexibility index (Phi) is 7.93. The van der Waals surface area contributed by atoms with Crippen molar-refractivity contribution in [1.82, 2.24) is 35.4 Å². The summed E-state index contributed by atoms with van der Waals surface area (Å²) >= 11 is 6.31. The number of aliphatic hydroxyl groups excluding tert-OH is 2. The number of H-pyrrole nitrogens is 1. The van der Waals surface area contributed by atoms with Crippen LogP contribution in [0.4, 0.5) is 0 Å². The number of hydrogen-bond acceptors (Lipinski definition) is 7. The van der Waals surface area contributed by atoms with Crippen LogP contribution >= 0.6 is 11.6 Å². The van der Waals surface area contributed by atoms with Gasteiger partial charge in [-0.2, -0.15) is 5.10 Å². The van der Waals surface area contributed by atoms with Crippen molar-refractivity contribution in [2.45, 2.75) is 37.5 Å². The monoisotopic (exact) mass is 509 g/mol. The molecule has 10 heteroatoms. The number of hydrogen-bond donors (Lipinski definition) is 5. The second kappa shape index (κ2) is 11.5. The van der Waals surface area contributed by atoms with Crippen molar-refractivity contribution in [1.29, 1.82) is 0 Å². The summed E-state index contributed by atoms with van der Waals surface area (Å²) in [5.41, 5.74) is 3.53. The molecular weight excluding hydrogens is 478 g/mol. The quantitative estimate of drug-likeness (QED) is 0.197. The lowest BCUT2D eigenvalue weighted by molar-refractivity contribution is 0.00695. The lowest BCUT2D eigenvalue weighted by atomic mass is 10.1. The highest BCUT2D eigenvalue weighted by Crippen LogP contribution is 2.40. The molecule has 5 N–H and O–H groups in total. The third kappa shape index (κ3) is 5.30. The molecule has 36 heavy (non-hydrogen) atoms. The maximum Gasteiger partial charge on any atom is 0.144 e. The largest absolute Gasteiger partial charge is 0.390 e. The molecule has 0 aliphatic heterocycles. The molecular formula is C26H32ClN7O2. The topological polar surface area (TPSA) is 124 Å². The van der Waals surface area contributed by atoms with Crippen LogP contribution in [0.25, 0.3) is 22.3 Å². The van der Waals surface area contributed by atoms with Gasteiger partial charge < -0.3 is 25.4 Å². The van der Waals surface area contributed by atoms with Crippen molar-refractivity contribution in [3.63, 3.8) is 0 Å². The fourth-order valence-corrected chi connectivity index (χ4v) is 5.30. The molecule has 1 fully saturated rings. The predicted octanol–water partition coefficient (Wildman–Crippen LogP) is 2.57. The molecule has 0 amide bonds. The molecule has 1 aliphatic rings. The number of aromatic nitrogens is 5. The summed E-state index contributed by atoms with van der Waals surface area (Å²) < 4.78 is 1.94. The normalized spacial score (nSPS) is 22.0. The highest BCUT2D eigenvalue weighted by atomic mass is 35.5. The molecule has 4 aromatic rings. The molecule has 1 aromatic carbocycles. The Hall–Kier alpha value is -2.82. The Labute approximate surface area is 214 Å². The summed E-state index contributed by atoms with van der Waals surface area (Å²) in [6.07, 6.45) is 7.63. The van der Waals surface area contributed by atoms with Gasteiger partial charge in [-0.3, -0.25) is 5.10 Å². The number of rotatable bonds is 11. The summed E-state index contributed by atoms with van der Waals surface area (Å²) in [4.78, 5) is 8.62. The SMILES string of the molecule is O[C@@H]1[C@@H](CNCCCNCCc2ccccc2)C[C@@H](n2cc(-c3[nH]ncc3Cl)c3cncnc32)[C@@H]1O. The zero-order chi connectivity index (χ0) is 24.9. The standard InChI is InChI=1S/C26H32ClN7O2/c27-21-14-32-33-23(21)20-15-34(26-19(20)13-30-16-31-26)22-11-18(24(35)25(22)36)12-29-9-4-8-28-10-7-17-5-2-1-3-6-17/h1-3,5-6,13-16,18,22,24-25,28-29,35-36H,4,7-12H2,(H,32,33)/t18-,22-,24-,25+/m1/s1. The van der Waals surface area contributed by atoms with E-state index in [2.05, 4.69) is 55.1 Å². The summed E-state index contributed by atoms with van der Waals surface area (Å²) in [5, 5.41) is 36.9. The second-order valence-electron chi connectivity index (χ2n) is 9.39. The van der Waals surface area contributed by atoms with Crippen LogP contribution in [-0.2, 0) is 6.42 Å². The van der Waals surface area contributed by atoms with E-state index in [1.54, 1.807) is 12.4 Å². The maximum atomic E-state index is 10.9. The van der Waals surface area contributed by atoms with E-state index in [1.807, 2.05) is 16.8 Å². The van der Waals surface area contributed by atoms with E-state index in [-0.39, 0.29) is 12.0 Å². The molecule has 0 bridgehead atoms. The van der Waals surface area contributed by atoms with Crippen LogP contribution in [0.3, 0.4) is 0 Å². The zero-order valence-corrected chi connectivity index (χ0v) is 20.8. The molecule has 3 aromatic heterocycles. The number of nitrogens with one attached hydrogen (secondary N) is 3. The molecule has 1 saturated carbocycles. The highest BCUT2D eigenvalue weighted by molar-refractivity contribution is 6.33. The fraction of sp³-hybridized carbons (Fsp3) is 0.423. The van der Waals surface area contributed by atoms with Gasteiger partial charge in [0.2, 0.25) is 0 Å². The molecule has 0 radical (unpaired) electrons. The average Bonchev–Trinajstić information content (AvgIpc) is 3.57. The molecule has 3 heterocycles. The van der Waals surface area contributed by atoms with Crippen LogP contribution < -0.4 is 10.6 Å². The number of aromatic amines is 1. The molecule has 1 aliphatic carbocycles. The Bertz CT molecular complexity index is 1260. The Morgan fingerprint density at radius 2 is 1.89 bits per heavy atom. The smallest absolute Gasteiger partial charge is 0.144 e. The van der Waals surface area contributed by atoms with Gasteiger partial charge in [0.05, 0.1) is 29.1 Å². The van der Waals surface area contributed by atoms with Crippen LogP contribution in [0.1, 0.15) is 24.4 Å². The first-order chi connectivity index (χ1) is 17.6. The van der Waals surface area contributed by atoms with Crippen molar-refractivity contribution in [3.8, 4) is 11.3 Å². The summed E-state index contributed by atoms with van der Waals surface area (Å²) in [5.74, 6) is -0.0606. The Morgan fingerprint density at radius 3 is 2.69 bits per heavy atom. The van der Waals surface area contributed by atoms with E-state index >= 15 is 0 Å². The number of nitrogens with zero attached hydrogens (tertiary/aromatic N) is 4. The summed E-state index contributed by atoms with van der Waals surface area (Å²) in [6.45, 7) is 3.39. The van der Waals surface area contributed by atoms with Crippen LogP contribution in [0, 0.1) is 5.92 Å². The molecule has 4 atom stereocenters. The van der Waals surface area contributed by atoms with Crippen LogP contribution in [0.2, 0.25) is 5.02 Å². The van der Waals surface area contributed by atoms with Crippen LogP contribution in [0.5, 0.6) is 0 Å². The van der Waals surface area contributed by atoms with Gasteiger partial charge in [0, 0.05) is 35.8 Å². The Morgan fingerprint density at radius 1 is 1.06 bits per heavy atom. The number of benzene rings is 1. The number of fused-ring (bicyclic) bond motifs is 1. The maximum absolute atomic E-state index is 10.9. The van der Waals surface area contributed by atoms with E-state index in [4.69, 9.17) is 11.6 Å². The van der Waals surface area contributed by atoms with Gasteiger partial charge in [-0.1, -0.05) is 41.9 Å². The highest BCUT2D eigenvalue weighted by Gasteiger charge is 2.42. The third-order valence-electron chi connectivity index (χ3n) is 7.03. The second-order valence-corrected chi connectivity index (χ2v) is 9.80. The minimum absolute atomic E-state index is 0.0606. The minimum atomic E-state index is -0.896. The van der Waals surface area contributed by atoms with Gasteiger partial charge in [-0.25, -0.2) is 9.97 Å². The average molecular weight is 510 g/mol. The van der Waals surface area contributed by atoms with E-state index in [9.17, 15) is 10.2 Å². The molecule has 9 nitrogen and oxygen atoms in total.